The first kappa shape index (κ1) is 24.7. The van der Waals surface area contributed by atoms with Crippen molar-refractivity contribution in [2.45, 2.75) is 64.8 Å². The van der Waals surface area contributed by atoms with Gasteiger partial charge in [-0.1, -0.05) is 6.07 Å². The molecule has 2 aliphatic heterocycles. The maximum absolute atomic E-state index is 13.1. The fourth-order valence-corrected chi connectivity index (χ4v) is 6.68. The van der Waals surface area contributed by atoms with Crippen LogP contribution < -0.4 is 10.2 Å². The van der Waals surface area contributed by atoms with Crippen molar-refractivity contribution in [3.05, 3.63) is 47.8 Å². The molecule has 7 nitrogen and oxygen atoms in total. The summed E-state index contributed by atoms with van der Waals surface area (Å²) in [6.45, 7) is 9.79. The molecule has 0 atom stereocenters. The van der Waals surface area contributed by atoms with E-state index in [2.05, 4.69) is 65.2 Å². The highest BCUT2D eigenvalue weighted by atomic mass is 16.5. The van der Waals surface area contributed by atoms with Crippen LogP contribution in [0.2, 0.25) is 0 Å². The summed E-state index contributed by atoms with van der Waals surface area (Å²) >= 11 is 0. The molecule has 1 saturated heterocycles. The summed E-state index contributed by atoms with van der Waals surface area (Å²) in [6, 6.07) is 11.2. The number of nitrogens with zero attached hydrogens (tertiary/aromatic N) is 3. The van der Waals surface area contributed by atoms with Crippen molar-refractivity contribution < 1.29 is 14.3 Å². The van der Waals surface area contributed by atoms with Crippen LogP contribution in [0.4, 0.5) is 10.5 Å². The maximum atomic E-state index is 13.1. The number of rotatable bonds is 5. The van der Waals surface area contributed by atoms with Crippen LogP contribution in [0, 0.1) is 18.8 Å². The molecule has 1 aromatic carbocycles. The van der Waals surface area contributed by atoms with Gasteiger partial charge < -0.3 is 24.4 Å². The Morgan fingerprint density at radius 3 is 2.50 bits per heavy atom. The molecule has 2 fully saturated rings. The van der Waals surface area contributed by atoms with E-state index in [-0.39, 0.29) is 23.5 Å². The zero-order valence-electron chi connectivity index (χ0n) is 22.0. The number of urea groups is 1. The standard InChI is InChI=1S/C29H40N4O3/c1-4-33-25-19-21(3)8-13-24(25)32-16-6-7-26(32)29(33)14-17-31(18-15-29)28(35)30-20-22-9-11-23(12-10-22)27(34)36-5-2/h6-8,13,16,19,22-23H,4-5,9-12,14-15,17-18,20H2,1-3H3,(H,30,35). The van der Waals surface area contributed by atoms with Crippen LogP contribution in [0.5, 0.6) is 0 Å². The third kappa shape index (κ3) is 4.37. The lowest BCUT2D eigenvalue weighted by Gasteiger charge is -2.53. The zero-order valence-corrected chi connectivity index (χ0v) is 22.0. The monoisotopic (exact) mass is 492 g/mol. The van der Waals surface area contributed by atoms with E-state index in [9.17, 15) is 9.59 Å². The number of hydrogen-bond acceptors (Lipinski definition) is 4. The summed E-state index contributed by atoms with van der Waals surface area (Å²) in [5.74, 6) is 0.405. The Bertz CT molecular complexity index is 1090. The second-order valence-corrected chi connectivity index (χ2v) is 10.7. The molecule has 2 aromatic rings. The highest BCUT2D eigenvalue weighted by molar-refractivity contribution is 5.75. The summed E-state index contributed by atoms with van der Waals surface area (Å²) < 4.78 is 7.53. The molecular formula is C29H40N4O3. The van der Waals surface area contributed by atoms with Gasteiger partial charge in [0.1, 0.15) is 0 Å². The lowest BCUT2D eigenvalue weighted by atomic mass is 9.80. The topological polar surface area (TPSA) is 66.8 Å². The number of benzene rings is 1. The highest BCUT2D eigenvalue weighted by Crippen LogP contribution is 2.48. The van der Waals surface area contributed by atoms with Crippen LogP contribution in [0.1, 0.15) is 63.6 Å². The second kappa shape index (κ2) is 10.2. The molecule has 1 spiro atoms. The molecule has 194 valence electrons. The number of aryl methyl sites for hydroxylation is 1. The van der Waals surface area contributed by atoms with Gasteiger partial charge in [-0.15, -0.1) is 0 Å². The van der Waals surface area contributed by atoms with Gasteiger partial charge in [-0.05, 0) is 95.0 Å². The predicted molar refractivity (Wildman–Crippen MR) is 141 cm³/mol. The lowest BCUT2D eigenvalue weighted by molar-refractivity contribution is -0.149. The minimum Gasteiger partial charge on any atom is -0.466 e. The molecule has 1 aromatic heterocycles. The van der Waals surface area contributed by atoms with Gasteiger partial charge in [0.25, 0.3) is 0 Å². The first-order valence-electron chi connectivity index (χ1n) is 13.7. The first-order chi connectivity index (χ1) is 17.5. The number of nitrogens with one attached hydrogen (secondary N) is 1. The molecule has 3 heterocycles. The number of fused-ring (bicyclic) bond motifs is 4. The van der Waals surface area contributed by atoms with E-state index in [4.69, 9.17) is 4.74 Å². The molecule has 1 aliphatic carbocycles. The number of esters is 1. The van der Waals surface area contributed by atoms with Gasteiger partial charge in [0, 0.05) is 38.1 Å². The summed E-state index contributed by atoms with van der Waals surface area (Å²) in [6.07, 6.45) is 7.65. The van der Waals surface area contributed by atoms with Gasteiger partial charge in [0.15, 0.2) is 0 Å². The quantitative estimate of drug-likeness (QED) is 0.597. The Hall–Kier alpha value is -2.96. The van der Waals surface area contributed by atoms with Crippen LogP contribution in [0.25, 0.3) is 5.69 Å². The number of carbonyl (C=O) groups is 2. The summed E-state index contributed by atoms with van der Waals surface area (Å²) in [5, 5.41) is 3.20. The molecule has 1 N–H and O–H groups in total. The number of ether oxygens (including phenoxy) is 1. The van der Waals surface area contributed by atoms with Crippen molar-refractivity contribution in [2.75, 3.05) is 37.7 Å². The van der Waals surface area contributed by atoms with E-state index < -0.39 is 0 Å². The zero-order chi connectivity index (χ0) is 25.3. The van der Waals surface area contributed by atoms with Crippen LogP contribution in [0.3, 0.4) is 0 Å². The molecule has 36 heavy (non-hydrogen) atoms. The number of amides is 2. The van der Waals surface area contributed by atoms with Crippen molar-refractivity contribution in [1.82, 2.24) is 14.8 Å². The second-order valence-electron chi connectivity index (χ2n) is 10.7. The third-order valence-electron chi connectivity index (χ3n) is 8.63. The molecule has 3 aliphatic rings. The Kier molecular flexibility index (Phi) is 7.00. The van der Waals surface area contributed by atoms with E-state index in [1.165, 1.54) is 22.6 Å². The summed E-state index contributed by atoms with van der Waals surface area (Å²) in [5.41, 5.74) is 5.04. The fourth-order valence-electron chi connectivity index (χ4n) is 6.68. The fraction of sp³-hybridized carbons (Fsp3) is 0.586. The normalized spacial score (nSPS) is 22.6. The summed E-state index contributed by atoms with van der Waals surface area (Å²) in [4.78, 5) is 29.6. The number of piperidine rings is 1. The Morgan fingerprint density at radius 2 is 1.81 bits per heavy atom. The highest BCUT2D eigenvalue weighted by Gasteiger charge is 2.47. The van der Waals surface area contributed by atoms with Crippen LogP contribution in [-0.2, 0) is 15.1 Å². The average molecular weight is 493 g/mol. The van der Waals surface area contributed by atoms with Crippen LogP contribution in [-0.4, -0.2) is 54.3 Å². The molecule has 0 unspecified atom stereocenters. The first-order valence-corrected chi connectivity index (χ1v) is 13.7. The van der Waals surface area contributed by atoms with Crippen molar-refractivity contribution in [3.8, 4) is 5.69 Å². The smallest absolute Gasteiger partial charge is 0.317 e. The maximum Gasteiger partial charge on any atom is 0.317 e. The number of likely N-dealkylation sites (tertiary alicyclic amines) is 1. The van der Waals surface area contributed by atoms with Crippen molar-refractivity contribution >= 4 is 17.7 Å². The van der Waals surface area contributed by atoms with E-state index in [0.717, 1.165) is 58.2 Å². The van der Waals surface area contributed by atoms with E-state index >= 15 is 0 Å². The number of aromatic nitrogens is 1. The van der Waals surface area contributed by atoms with Gasteiger partial charge in [-0.2, -0.15) is 0 Å². The predicted octanol–water partition coefficient (Wildman–Crippen LogP) is 5.00. The van der Waals surface area contributed by atoms with Crippen molar-refractivity contribution in [1.29, 1.82) is 0 Å². The molecule has 1 saturated carbocycles. The van der Waals surface area contributed by atoms with Gasteiger partial charge in [0.05, 0.1) is 29.4 Å². The van der Waals surface area contributed by atoms with Crippen molar-refractivity contribution in [3.63, 3.8) is 0 Å². The molecule has 0 bridgehead atoms. The van der Waals surface area contributed by atoms with Crippen molar-refractivity contribution in [2.24, 2.45) is 11.8 Å². The minimum atomic E-state index is -0.0959. The SMILES string of the molecule is CCOC(=O)C1CCC(CNC(=O)N2CCC3(CC2)c2cccn2-c2ccc(C)cc2N3CC)CC1. The molecular weight excluding hydrogens is 452 g/mol. The molecule has 7 heteroatoms. The van der Waals surface area contributed by atoms with Gasteiger partial charge in [-0.25, -0.2) is 4.79 Å². The Balaban J connectivity index is 1.20. The van der Waals surface area contributed by atoms with E-state index in [0.29, 0.717) is 19.1 Å². The van der Waals surface area contributed by atoms with Gasteiger partial charge in [0.2, 0.25) is 0 Å². The van der Waals surface area contributed by atoms with Gasteiger partial charge >= 0.3 is 12.0 Å². The minimum absolute atomic E-state index is 0.0278. The number of hydrogen-bond donors (Lipinski definition) is 1. The average Bonchev–Trinajstić information content (AvgIpc) is 3.39. The largest absolute Gasteiger partial charge is 0.466 e. The molecule has 2 amide bonds. The third-order valence-corrected chi connectivity index (χ3v) is 8.63. The van der Waals surface area contributed by atoms with E-state index in [1.54, 1.807) is 0 Å². The van der Waals surface area contributed by atoms with Crippen LogP contribution >= 0.6 is 0 Å². The Morgan fingerprint density at radius 1 is 1.06 bits per heavy atom. The Labute approximate surface area is 214 Å². The number of carbonyl (C=O) groups excluding carboxylic acids is 2. The van der Waals surface area contributed by atoms with Crippen LogP contribution in [0.15, 0.2) is 36.5 Å². The number of anilines is 1. The molecule has 5 rings (SSSR count). The van der Waals surface area contributed by atoms with E-state index in [1.807, 2.05) is 11.8 Å². The summed E-state index contributed by atoms with van der Waals surface area (Å²) in [7, 11) is 0. The lowest BCUT2D eigenvalue weighted by Crippen LogP contribution is -2.58. The molecule has 0 radical (unpaired) electrons. The van der Waals surface area contributed by atoms with Gasteiger partial charge in [-0.3, -0.25) is 4.79 Å².